The third-order valence-corrected chi connectivity index (χ3v) is 5.50. The summed E-state index contributed by atoms with van der Waals surface area (Å²) in [6, 6.07) is 7.72. The van der Waals surface area contributed by atoms with Gasteiger partial charge in [-0.15, -0.1) is 0 Å². The molecule has 2 amide bonds. The van der Waals surface area contributed by atoms with Gasteiger partial charge in [-0.05, 0) is 37.6 Å². The molecule has 1 aromatic carbocycles. The van der Waals surface area contributed by atoms with Crippen molar-refractivity contribution >= 4 is 23.4 Å². The van der Waals surface area contributed by atoms with Crippen LogP contribution in [-0.4, -0.2) is 72.8 Å². The monoisotopic (exact) mass is 363 g/mol. The van der Waals surface area contributed by atoms with Crippen LogP contribution in [0.3, 0.4) is 0 Å². The minimum Gasteiger partial charge on any atom is -0.342 e. The number of likely N-dealkylation sites (N-methyl/N-ethyl adjacent to an activating group) is 1. The molecule has 0 spiro atoms. The fourth-order valence-corrected chi connectivity index (χ4v) is 3.66. The molecule has 2 aliphatic heterocycles. The number of piperazine rings is 1. The summed E-state index contributed by atoms with van der Waals surface area (Å²) in [5.41, 5.74) is 1.16. The third-order valence-electron chi connectivity index (χ3n) is 5.25. The molecule has 0 aliphatic carbocycles. The summed E-state index contributed by atoms with van der Waals surface area (Å²) in [6.45, 7) is 4.66. The molecule has 2 saturated heterocycles. The zero-order chi connectivity index (χ0) is 17.8. The van der Waals surface area contributed by atoms with E-state index in [1.54, 1.807) is 0 Å². The molecule has 0 N–H and O–H groups in total. The molecule has 2 aliphatic rings. The third kappa shape index (κ3) is 4.73. The topological polar surface area (TPSA) is 43.9 Å². The van der Waals surface area contributed by atoms with Crippen LogP contribution in [0, 0.1) is 5.92 Å². The predicted molar refractivity (Wildman–Crippen MR) is 98.5 cm³/mol. The van der Waals surface area contributed by atoms with Crippen LogP contribution in [-0.2, 0) is 16.0 Å². The molecule has 0 bridgehead atoms. The van der Waals surface area contributed by atoms with E-state index in [-0.39, 0.29) is 17.7 Å². The van der Waals surface area contributed by atoms with Crippen molar-refractivity contribution in [2.24, 2.45) is 5.92 Å². The van der Waals surface area contributed by atoms with Gasteiger partial charge in [-0.3, -0.25) is 9.59 Å². The molecule has 6 heteroatoms. The maximum atomic E-state index is 12.8. The predicted octanol–water partition coefficient (Wildman–Crippen LogP) is 1.90. The molecule has 0 aromatic heterocycles. The zero-order valence-corrected chi connectivity index (χ0v) is 15.5. The lowest BCUT2D eigenvalue weighted by atomic mass is 9.95. The quantitative estimate of drug-likeness (QED) is 0.820. The molecule has 2 fully saturated rings. The lowest BCUT2D eigenvalue weighted by Gasteiger charge is -2.38. The Morgan fingerprint density at radius 1 is 1.16 bits per heavy atom. The number of amides is 2. The number of piperidine rings is 1. The fraction of sp³-hybridized carbons (Fsp3) is 0.579. The summed E-state index contributed by atoms with van der Waals surface area (Å²) >= 11 is 5.91. The van der Waals surface area contributed by atoms with E-state index in [1.807, 2.05) is 34.1 Å². The first-order valence-electron chi connectivity index (χ1n) is 9.02. The minimum absolute atomic E-state index is 0.0497. The number of hydrogen-bond donors (Lipinski definition) is 0. The van der Waals surface area contributed by atoms with Crippen molar-refractivity contribution in [3.8, 4) is 0 Å². The highest BCUT2D eigenvalue weighted by Crippen LogP contribution is 2.21. The van der Waals surface area contributed by atoms with Crippen molar-refractivity contribution in [2.45, 2.75) is 19.3 Å². The van der Waals surface area contributed by atoms with Crippen molar-refractivity contribution in [2.75, 3.05) is 46.3 Å². The lowest BCUT2D eigenvalue weighted by molar-refractivity contribution is -0.144. The number of carbonyl (C=O) groups is 2. The van der Waals surface area contributed by atoms with Crippen LogP contribution in [0.4, 0.5) is 0 Å². The average molecular weight is 364 g/mol. The van der Waals surface area contributed by atoms with Crippen molar-refractivity contribution in [1.29, 1.82) is 0 Å². The maximum Gasteiger partial charge on any atom is 0.227 e. The second kappa shape index (κ2) is 8.19. The zero-order valence-electron chi connectivity index (χ0n) is 14.8. The molecule has 1 atom stereocenters. The highest BCUT2D eigenvalue weighted by atomic mass is 35.5. The van der Waals surface area contributed by atoms with E-state index < -0.39 is 0 Å². The summed E-state index contributed by atoms with van der Waals surface area (Å²) in [7, 11) is 2.08. The molecule has 0 unspecified atom stereocenters. The highest BCUT2D eigenvalue weighted by Gasteiger charge is 2.33. The van der Waals surface area contributed by atoms with E-state index in [0.717, 1.165) is 43.2 Å². The standard InChI is InChI=1S/C19H26ClN3O2/c1-21-10-12-22(13-11-21)19(25)16-4-7-18(24)23(14-16)9-8-15-2-5-17(20)6-3-15/h2-3,5-6,16H,4,7-14H2,1H3/t16-/m1/s1. The summed E-state index contributed by atoms with van der Waals surface area (Å²) in [5, 5.41) is 0.718. The molecule has 3 rings (SSSR count). The van der Waals surface area contributed by atoms with Gasteiger partial charge in [0.15, 0.2) is 0 Å². The van der Waals surface area contributed by atoms with Crippen molar-refractivity contribution in [3.63, 3.8) is 0 Å². The Hall–Kier alpha value is -1.59. The van der Waals surface area contributed by atoms with Crippen LogP contribution in [0.15, 0.2) is 24.3 Å². The van der Waals surface area contributed by atoms with Gasteiger partial charge < -0.3 is 14.7 Å². The summed E-state index contributed by atoms with van der Waals surface area (Å²) in [5.74, 6) is 0.333. The molecule has 5 nitrogen and oxygen atoms in total. The van der Waals surface area contributed by atoms with E-state index in [1.165, 1.54) is 0 Å². The van der Waals surface area contributed by atoms with Crippen LogP contribution >= 0.6 is 11.6 Å². The lowest BCUT2D eigenvalue weighted by Crippen LogP contribution is -2.52. The smallest absolute Gasteiger partial charge is 0.227 e. The molecule has 136 valence electrons. The summed E-state index contributed by atoms with van der Waals surface area (Å²) in [6.07, 6.45) is 1.95. The Bertz CT molecular complexity index is 612. The maximum absolute atomic E-state index is 12.8. The van der Waals surface area contributed by atoms with Crippen LogP contribution in [0.25, 0.3) is 0 Å². The number of likely N-dealkylation sites (tertiary alicyclic amines) is 1. The van der Waals surface area contributed by atoms with Gasteiger partial charge in [-0.2, -0.15) is 0 Å². The van der Waals surface area contributed by atoms with Gasteiger partial charge in [0.2, 0.25) is 11.8 Å². The fourth-order valence-electron chi connectivity index (χ4n) is 3.53. The van der Waals surface area contributed by atoms with Gasteiger partial charge in [-0.25, -0.2) is 0 Å². The molecule has 25 heavy (non-hydrogen) atoms. The van der Waals surface area contributed by atoms with Gasteiger partial charge in [0.25, 0.3) is 0 Å². The first-order chi connectivity index (χ1) is 12.0. The van der Waals surface area contributed by atoms with Gasteiger partial charge >= 0.3 is 0 Å². The van der Waals surface area contributed by atoms with Gasteiger partial charge in [-0.1, -0.05) is 23.7 Å². The average Bonchev–Trinajstić information content (AvgIpc) is 2.62. The van der Waals surface area contributed by atoms with E-state index >= 15 is 0 Å². The Balaban J connectivity index is 1.54. The Labute approximate surface area is 154 Å². The number of benzene rings is 1. The molecule has 0 saturated carbocycles. The molecule has 0 radical (unpaired) electrons. The summed E-state index contributed by atoms with van der Waals surface area (Å²) in [4.78, 5) is 31.1. The molecular formula is C19H26ClN3O2. The molecular weight excluding hydrogens is 338 g/mol. The van der Waals surface area contributed by atoms with Crippen LogP contribution in [0.2, 0.25) is 5.02 Å². The van der Waals surface area contributed by atoms with Crippen LogP contribution in [0.1, 0.15) is 18.4 Å². The number of halogens is 1. The molecule has 2 heterocycles. The number of nitrogens with zero attached hydrogens (tertiary/aromatic N) is 3. The summed E-state index contributed by atoms with van der Waals surface area (Å²) < 4.78 is 0. The van der Waals surface area contributed by atoms with Crippen LogP contribution in [0.5, 0.6) is 0 Å². The van der Waals surface area contributed by atoms with Gasteiger partial charge in [0.05, 0.1) is 5.92 Å². The van der Waals surface area contributed by atoms with Crippen molar-refractivity contribution < 1.29 is 9.59 Å². The number of carbonyl (C=O) groups excluding carboxylic acids is 2. The first kappa shape index (κ1) is 18.2. The van der Waals surface area contributed by atoms with E-state index in [9.17, 15) is 9.59 Å². The Kier molecular flexibility index (Phi) is 5.97. The van der Waals surface area contributed by atoms with E-state index in [2.05, 4.69) is 11.9 Å². The second-order valence-electron chi connectivity index (χ2n) is 7.08. The van der Waals surface area contributed by atoms with Gasteiger partial charge in [0.1, 0.15) is 0 Å². The second-order valence-corrected chi connectivity index (χ2v) is 7.52. The number of hydrogen-bond acceptors (Lipinski definition) is 3. The van der Waals surface area contributed by atoms with E-state index in [4.69, 9.17) is 11.6 Å². The van der Waals surface area contributed by atoms with E-state index in [0.29, 0.717) is 25.9 Å². The van der Waals surface area contributed by atoms with Gasteiger partial charge in [0, 0.05) is 50.7 Å². The van der Waals surface area contributed by atoms with Crippen LogP contribution < -0.4 is 0 Å². The minimum atomic E-state index is -0.0497. The highest BCUT2D eigenvalue weighted by molar-refractivity contribution is 6.30. The Morgan fingerprint density at radius 3 is 2.52 bits per heavy atom. The van der Waals surface area contributed by atoms with Crippen molar-refractivity contribution in [1.82, 2.24) is 14.7 Å². The largest absolute Gasteiger partial charge is 0.342 e. The molecule has 1 aromatic rings. The van der Waals surface area contributed by atoms with Crippen molar-refractivity contribution in [3.05, 3.63) is 34.9 Å². The SMILES string of the molecule is CN1CCN(C(=O)[C@@H]2CCC(=O)N(CCc3ccc(Cl)cc3)C2)CC1. The number of rotatable bonds is 4. The normalized spacial score (nSPS) is 22.3. The first-order valence-corrected chi connectivity index (χ1v) is 9.40. The Morgan fingerprint density at radius 2 is 1.84 bits per heavy atom.